The van der Waals surface area contributed by atoms with Gasteiger partial charge in [0.15, 0.2) is 11.6 Å². The van der Waals surface area contributed by atoms with Crippen molar-refractivity contribution in [3.63, 3.8) is 0 Å². The molecule has 0 unspecified atom stereocenters. The first kappa shape index (κ1) is 18.7. The summed E-state index contributed by atoms with van der Waals surface area (Å²) in [6.45, 7) is 0. The second kappa shape index (κ2) is 7.80. The van der Waals surface area contributed by atoms with Gasteiger partial charge < -0.3 is 9.64 Å². The number of methoxy groups -OCH3 is 1. The fourth-order valence-corrected chi connectivity index (χ4v) is 3.35. The molecule has 0 aliphatic heterocycles. The summed E-state index contributed by atoms with van der Waals surface area (Å²) >= 11 is 0. The number of ether oxygens (including phenoxy) is 1. The van der Waals surface area contributed by atoms with E-state index in [0.717, 1.165) is 22.6 Å². The van der Waals surface area contributed by atoms with E-state index in [-0.39, 0.29) is 5.75 Å². The Hall–Kier alpha value is -3.60. The zero-order valence-electron chi connectivity index (χ0n) is 16.6. The standard InChI is InChI=1S/C24H22FN3O/c1-27(2)19-12-9-17(10-13-19)24-23(18-11-14-22(29-3)21(25)15-18)26-16-28(24)20-7-5-4-6-8-20/h4-16H,1-3H3. The average Bonchev–Trinajstić information content (AvgIpc) is 3.19. The van der Waals surface area contributed by atoms with Crippen LogP contribution in [0.2, 0.25) is 0 Å². The molecule has 29 heavy (non-hydrogen) atoms. The molecule has 1 heterocycles. The molecule has 4 nitrogen and oxygen atoms in total. The van der Waals surface area contributed by atoms with Crippen LogP contribution in [-0.4, -0.2) is 30.8 Å². The van der Waals surface area contributed by atoms with Crippen molar-refractivity contribution in [2.24, 2.45) is 0 Å². The molecule has 3 aromatic carbocycles. The van der Waals surface area contributed by atoms with Crippen LogP contribution in [-0.2, 0) is 0 Å². The summed E-state index contributed by atoms with van der Waals surface area (Å²) in [6, 6.07) is 23.2. The fraction of sp³-hybridized carbons (Fsp3) is 0.125. The van der Waals surface area contributed by atoms with Gasteiger partial charge in [0, 0.05) is 36.6 Å². The molecule has 0 fully saturated rings. The van der Waals surface area contributed by atoms with Crippen LogP contribution in [0.4, 0.5) is 10.1 Å². The van der Waals surface area contributed by atoms with Gasteiger partial charge >= 0.3 is 0 Å². The van der Waals surface area contributed by atoms with Gasteiger partial charge in [-0.3, -0.25) is 4.57 Å². The van der Waals surface area contributed by atoms with Gasteiger partial charge in [-0.1, -0.05) is 30.3 Å². The summed E-state index contributed by atoms with van der Waals surface area (Å²) in [5.41, 5.74) is 5.43. The van der Waals surface area contributed by atoms with Crippen LogP contribution in [0.5, 0.6) is 5.75 Å². The number of aromatic nitrogens is 2. The second-order valence-electron chi connectivity index (χ2n) is 6.94. The predicted octanol–water partition coefficient (Wildman–Crippen LogP) is 5.42. The van der Waals surface area contributed by atoms with Gasteiger partial charge in [0.2, 0.25) is 0 Å². The number of hydrogen-bond acceptors (Lipinski definition) is 3. The Labute approximate surface area is 169 Å². The third kappa shape index (κ3) is 3.59. The molecular formula is C24H22FN3O. The summed E-state index contributed by atoms with van der Waals surface area (Å²) < 4.78 is 21.5. The molecule has 146 valence electrons. The van der Waals surface area contributed by atoms with Gasteiger partial charge in [0.05, 0.1) is 18.5 Å². The summed E-state index contributed by atoms with van der Waals surface area (Å²) in [6.07, 6.45) is 1.78. The van der Waals surface area contributed by atoms with Crippen molar-refractivity contribution in [1.29, 1.82) is 0 Å². The number of anilines is 1. The second-order valence-corrected chi connectivity index (χ2v) is 6.94. The zero-order chi connectivity index (χ0) is 20.4. The maximum absolute atomic E-state index is 14.4. The van der Waals surface area contributed by atoms with E-state index in [1.165, 1.54) is 13.2 Å². The number of hydrogen-bond donors (Lipinski definition) is 0. The molecule has 0 aliphatic carbocycles. The third-order valence-corrected chi connectivity index (χ3v) is 4.88. The molecule has 5 heteroatoms. The lowest BCUT2D eigenvalue weighted by Crippen LogP contribution is -2.08. The van der Waals surface area contributed by atoms with Crippen molar-refractivity contribution >= 4 is 5.69 Å². The molecule has 0 N–H and O–H groups in total. The largest absolute Gasteiger partial charge is 0.494 e. The van der Waals surface area contributed by atoms with Crippen molar-refractivity contribution in [3.8, 4) is 34.0 Å². The van der Waals surface area contributed by atoms with Gasteiger partial charge in [-0.05, 0) is 42.5 Å². The monoisotopic (exact) mass is 387 g/mol. The summed E-state index contributed by atoms with van der Waals surface area (Å²) in [5, 5.41) is 0. The van der Waals surface area contributed by atoms with Crippen LogP contribution < -0.4 is 9.64 Å². The molecule has 0 radical (unpaired) electrons. The summed E-state index contributed by atoms with van der Waals surface area (Å²) in [7, 11) is 5.48. The lowest BCUT2D eigenvalue weighted by molar-refractivity contribution is 0.386. The van der Waals surface area contributed by atoms with Crippen molar-refractivity contribution in [3.05, 3.63) is 84.9 Å². The van der Waals surface area contributed by atoms with Crippen LogP contribution in [0, 0.1) is 5.82 Å². The van der Waals surface area contributed by atoms with Crippen LogP contribution in [0.25, 0.3) is 28.2 Å². The molecule has 0 amide bonds. The van der Waals surface area contributed by atoms with Crippen molar-refractivity contribution in [2.75, 3.05) is 26.1 Å². The molecule has 0 bridgehead atoms. The topological polar surface area (TPSA) is 30.3 Å². The molecule has 1 aromatic heterocycles. The Morgan fingerprint density at radius 3 is 2.21 bits per heavy atom. The Morgan fingerprint density at radius 2 is 1.59 bits per heavy atom. The molecule has 4 rings (SSSR count). The molecular weight excluding hydrogens is 365 g/mol. The molecule has 0 saturated carbocycles. The number of halogens is 1. The average molecular weight is 387 g/mol. The van der Waals surface area contributed by atoms with Crippen LogP contribution in [0.3, 0.4) is 0 Å². The highest BCUT2D eigenvalue weighted by molar-refractivity contribution is 5.81. The number of benzene rings is 3. The highest BCUT2D eigenvalue weighted by atomic mass is 19.1. The normalized spacial score (nSPS) is 10.8. The van der Waals surface area contributed by atoms with E-state index in [0.29, 0.717) is 11.3 Å². The Balaban J connectivity index is 1.90. The third-order valence-electron chi connectivity index (χ3n) is 4.88. The van der Waals surface area contributed by atoms with E-state index in [1.807, 2.05) is 55.1 Å². The smallest absolute Gasteiger partial charge is 0.165 e. The fourth-order valence-electron chi connectivity index (χ4n) is 3.35. The Kier molecular flexibility index (Phi) is 5.04. The molecule has 4 aromatic rings. The predicted molar refractivity (Wildman–Crippen MR) is 115 cm³/mol. The zero-order valence-corrected chi connectivity index (χ0v) is 16.6. The van der Waals surface area contributed by atoms with E-state index >= 15 is 0 Å². The van der Waals surface area contributed by atoms with Crippen molar-refractivity contribution in [1.82, 2.24) is 9.55 Å². The quantitative estimate of drug-likeness (QED) is 0.458. The van der Waals surface area contributed by atoms with Crippen molar-refractivity contribution < 1.29 is 9.13 Å². The van der Waals surface area contributed by atoms with Gasteiger partial charge in [0.1, 0.15) is 6.33 Å². The SMILES string of the molecule is COc1ccc(-c2ncn(-c3ccccc3)c2-c2ccc(N(C)C)cc2)cc1F. The van der Waals surface area contributed by atoms with Gasteiger partial charge in [-0.15, -0.1) is 0 Å². The first-order valence-electron chi connectivity index (χ1n) is 9.33. The van der Waals surface area contributed by atoms with Gasteiger partial charge in [-0.2, -0.15) is 0 Å². The Bertz CT molecular complexity index is 1120. The molecule has 0 saturated heterocycles. The highest BCUT2D eigenvalue weighted by Gasteiger charge is 2.18. The summed E-state index contributed by atoms with van der Waals surface area (Å²) in [4.78, 5) is 6.69. The molecule has 0 atom stereocenters. The van der Waals surface area contributed by atoms with E-state index in [1.54, 1.807) is 12.4 Å². The Morgan fingerprint density at radius 1 is 0.897 bits per heavy atom. The van der Waals surface area contributed by atoms with E-state index < -0.39 is 5.82 Å². The summed E-state index contributed by atoms with van der Waals surface area (Å²) in [5.74, 6) is -0.193. The van der Waals surface area contributed by atoms with E-state index in [9.17, 15) is 4.39 Å². The number of imidazole rings is 1. The van der Waals surface area contributed by atoms with Crippen LogP contribution in [0.15, 0.2) is 79.1 Å². The highest BCUT2D eigenvalue weighted by Crippen LogP contribution is 2.35. The minimum absolute atomic E-state index is 0.216. The number of rotatable bonds is 5. The maximum Gasteiger partial charge on any atom is 0.165 e. The molecule has 0 spiro atoms. The van der Waals surface area contributed by atoms with Crippen LogP contribution in [0.1, 0.15) is 0 Å². The lowest BCUT2D eigenvalue weighted by atomic mass is 10.0. The van der Waals surface area contributed by atoms with Crippen LogP contribution >= 0.6 is 0 Å². The van der Waals surface area contributed by atoms with E-state index in [2.05, 4.69) is 34.1 Å². The first-order valence-corrected chi connectivity index (χ1v) is 9.33. The number of nitrogens with zero attached hydrogens (tertiary/aromatic N) is 3. The van der Waals surface area contributed by atoms with E-state index in [4.69, 9.17) is 4.74 Å². The maximum atomic E-state index is 14.4. The molecule has 0 aliphatic rings. The van der Waals surface area contributed by atoms with Gasteiger partial charge in [-0.25, -0.2) is 9.37 Å². The van der Waals surface area contributed by atoms with Crippen molar-refractivity contribution in [2.45, 2.75) is 0 Å². The number of para-hydroxylation sites is 1. The minimum atomic E-state index is -0.409. The lowest BCUT2D eigenvalue weighted by Gasteiger charge is -2.15. The van der Waals surface area contributed by atoms with Gasteiger partial charge in [0.25, 0.3) is 0 Å². The first-order chi connectivity index (χ1) is 14.1. The minimum Gasteiger partial charge on any atom is -0.494 e.